The monoisotopic (exact) mass is 446 g/mol. The first-order valence-corrected chi connectivity index (χ1v) is 9.09. The van der Waals surface area contributed by atoms with Gasteiger partial charge in [0, 0.05) is 10.2 Å². The number of carbonyl (C=O) groups excluding carboxylic acids is 2. The minimum absolute atomic E-state index is 0.00441. The summed E-state index contributed by atoms with van der Waals surface area (Å²) in [6.07, 6.45) is 1.56. The Hall–Kier alpha value is -3.13. The van der Waals surface area contributed by atoms with Crippen molar-refractivity contribution in [3.8, 4) is 0 Å². The average Bonchev–Trinajstić information content (AvgIpc) is 3.20. The molecule has 0 atom stereocenters. The number of furan rings is 1. The second kappa shape index (κ2) is 9.18. The number of amides is 1. The third kappa shape index (κ3) is 5.20. The smallest absolute Gasteiger partial charge is 0.340 e. The summed E-state index contributed by atoms with van der Waals surface area (Å²) in [6.45, 7) is -0.151. The van der Waals surface area contributed by atoms with E-state index in [1.807, 2.05) is 0 Å². The molecule has 0 saturated heterocycles. The summed E-state index contributed by atoms with van der Waals surface area (Å²) in [5, 5.41) is 5.45. The lowest BCUT2D eigenvalue weighted by molar-refractivity contribution is -0.119. The second-order valence-corrected chi connectivity index (χ2v) is 6.64. The maximum atomic E-state index is 13.8. The lowest BCUT2D eigenvalue weighted by Crippen LogP contribution is -2.22. The van der Waals surface area contributed by atoms with Gasteiger partial charge in [-0.2, -0.15) is 0 Å². The molecule has 0 aliphatic rings. The number of para-hydroxylation sites is 1. The Morgan fingerprint density at radius 2 is 1.89 bits per heavy atom. The number of hydrogen-bond acceptors (Lipinski definition) is 5. The van der Waals surface area contributed by atoms with Gasteiger partial charge in [0.1, 0.15) is 11.6 Å². The Morgan fingerprint density at radius 1 is 1.07 bits per heavy atom. The molecule has 1 heterocycles. The van der Waals surface area contributed by atoms with Crippen LogP contribution in [-0.4, -0.2) is 18.5 Å². The van der Waals surface area contributed by atoms with E-state index in [-0.39, 0.29) is 11.3 Å². The van der Waals surface area contributed by atoms with Gasteiger partial charge in [-0.3, -0.25) is 4.79 Å². The van der Waals surface area contributed by atoms with Gasteiger partial charge in [-0.05, 0) is 42.5 Å². The molecule has 1 aromatic heterocycles. The van der Waals surface area contributed by atoms with Gasteiger partial charge >= 0.3 is 5.97 Å². The third-order valence-corrected chi connectivity index (χ3v) is 4.21. The minimum atomic E-state index is -0.672. The number of rotatable bonds is 7. The van der Waals surface area contributed by atoms with Crippen molar-refractivity contribution >= 4 is 39.2 Å². The quantitative estimate of drug-likeness (QED) is 0.518. The topological polar surface area (TPSA) is 80.6 Å². The van der Waals surface area contributed by atoms with Crippen LogP contribution in [0.15, 0.2) is 69.8 Å². The van der Waals surface area contributed by atoms with Crippen molar-refractivity contribution in [2.45, 2.75) is 6.54 Å². The molecule has 28 heavy (non-hydrogen) atoms. The summed E-state index contributed by atoms with van der Waals surface area (Å²) in [5.74, 6) is -1.20. The van der Waals surface area contributed by atoms with Gasteiger partial charge in [0.2, 0.25) is 0 Å². The predicted molar refractivity (Wildman–Crippen MR) is 105 cm³/mol. The summed E-state index contributed by atoms with van der Waals surface area (Å²) in [7, 11) is 0. The van der Waals surface area contributed by atoms with Crippen LogP contribution in [-0.2, 0) is 16.1 Å². The van der Waals surface area contributed by atoms with Crippen molar-refractivity contribution in [3.63, 3.8) is 0 Å². The van der Waals surface area contributed by atoms with E-state index < -0.39 is 24.3 Å². The lowest BCUT2D eigenvalue weighted by Gasteiger charge is -2.11. The Bertz CT molecular complexity index is 976. The standard InChI is InChI=1S/C20H16BrFN2O4/c21-13-7-8-18(16(22)10-13)24-19(25)12-28-20(26)15-5-1-2-6-17(15)23-11-14-4-3-9-27-14/h1-10,23H,11-12H2,(H,24,25). The summed E-state index contributed by atoms with van der Waals surface area (Å²) >= 11 is 3.14. The number of esters is 1. The third-order valence-electron chi connectivity index (χ3n) is 3.72. The molecule has 0 aliphatic carbocycles. The summed E-state index contributed by atoms with van der Waals surface area (Å²) in [5.41, 5.74) is 0.824. The van der Waals surface area contributed by atoms with Crippen LogP contribution in [0.4, 0.5) is 15.8 Å². The van der Waals surface area contributed by atoms with Crippen molar-refractivity contribution in [1.82, 2.24) is 0 Å². The molecular weight excluding hydrogens is 431 g/mol. The highest BCUT2D eigenvalue weighted by Crippen LogP contribution is 2.20. The Morgan fingerprint density at radius 3 is 2.64 bits per heavy atom. The largest absolute Gasteiger partial charge is 0.467 e. The molecule has 3 rings (SSSR count). The number of anilines is 2. The molecule has 0 spiro atoms. The number of ether oxygens (including phenoxy) is 1. The molecule has 0 unspecified atom stereocenters. The summed E-state index contributed by atoms with van der Waals surface area (Å²) in [6, 6.07) is 14.6. The van der Waals surface area contributed by atoms with Gasteiger partial charge < -0.3 is 19.8 Å². The minimum Gasteiger partial charge on any atom is -0.467 e. The molecule has 2 aromatic carbocycles. The Balaban J connectivity index is 1.57. The fraction of sp³-hybridized carbons (Fsp3) is 0.100. The van der Waals surface area contributed by atoms with Crippen LogP contribution >= 0.6 is 15.9 Å². The van der Waals surface area contributed by atoms with Crippen LogP contribution in [0.1, 0.15) is 16.1 Å². The normalized spacial score (nSPS) is 10.4. The summed E-state index contributed by atoms with van der Waals surface area (Å²) in [4.78, 5) is 24.3. The van der Waals surface area contributed by atoms with Crippen LogP contribution in [0.2, 0.25) is 0 Å². The van der Waals surface area contributed by atoms with Gasteiger partial charge in [0.15, 0.2) is 6.61 Å². The van der Waals surface area contributed by atoms with E-state index in [0.717, 1.165) is 0 Å². The van der Waals surface area contributed by atoms with Gasteiger partial charge in [-0.1, -0.05) is 28.1 Å². The molecule has 0 saturated carbocycles. The number of benzene rings is 2. The van der Waals surface area contributed by atoms with Crippen LogP contribution in [0, 0.1) is 5.82 Å². The number of nitrogens with one attached hydrogen (secondary N) is 2. The van der Waals surface area contributed by atoms with Crippen molar-refractivity contribution in [1.29, 1.82) is 0 Å². The highest BCUT2D eigenvalue weighted by molar-refractivity contribution is 9.10. The highest BCUT2D eigenvalue weighted by Gasteiger charge is 2.15. The van der Waals surface area contributed by atoms with E-state index in [4.69, 9.17) is 9.15 Å². The molecule has 2 N–H and O–H groups in total. The number of hydrogen-bond donors (Lipinski definition) is 2. The SMILES string of the molecule is O=C(COC(=O)c1ccccc1NCc1ccco1)Nc1ccc(Br)cc1F. The molecule has 144 valence electrons. The van der Waals surface area contributed by atoms with Gasteiger partial charge in [0.05, 0.1) is 24.1 Å². The van der Waals surface area contributed by atoms with Crippen LogP contribution < -0.4 is 10.6 Å². The van der Waals surface area contributed by atoms with E-state index >= 15 is 0 Å². The van der Waals surface area contributed by atoms with Crippen molar-refractivity contribution in [2.24, 2.45) is 0 Å². The first-order valence-electron chi connectivity index (χ1n) is 8.30. The molecule has 0 bridgehead atoms. The Labute approximate surface area is 168 Å². The highest BCUT2D eigenvalue weighted by atomic mass is 79.9. The maximum absolute atomic E-state index is 13.8. The first kappa shape index (κ1) is 19.6. The van der Waals surface area contributed by atoms with E-state index in [1.54, 1.807) is 48.7 Å². The maximum Gasteiger partial charge on any atom is 0.340 e. The van der Waals surface area contributed by atoms with Crippen LogP contribution in [0.25, 0.3) is 0 Å². The molecule has 8 heteroatoms. The molecule has 6 nitrogen and oxygen atoms in total. The van der Waals surface area contributed by atoms with Crippen molar-refractivity contribution in [2.75, 3.05) is 17.2 Å². The number of carbonyl (C=O) groups is 2. The van der Waals surface area contributed by atoms with Crippen molar-refractivity contribution < 1.29 is 23.1 Å². The van der Waals surface area contributed by atoms with Gasteiger partial charge in [-0.25, -0.2) is 9.18 Å². The zero-order valence-electron chi connectivity index (χ0n) is 14.6. The fourth-order valence-electron chi connectivity index (χ4n) is 2.40. The van der Waals surface area contributed by atoms with E-state index in [0.29, 0.717) is 22.5 Å². The molecule has 0 aliphatic heterocycles. The average molecular weight is 447 g/mol. The lowest BCUT2D eigenvalue weighted by atomic mass is 10.2. The zero-order chi connectivity index (χ0) is 19.9. The molecular formula is C20H16BrFN2O4. The van der Waals surface area contributed by atoms with Gasteiger partial charge in [0.25, 0.3) is 5.91 Å². The second-order valence-electron chi connectivity index (χ2n) is 5.73. The Kier molecular flexibility index (Phi) is 6.44. The molecule has 1 amide bonds. The van der Waals surface area contributed by atoms with Crippen LogP contribution in [0.3, 0.4) is 0 Å². The van der Waals surface area contributed by atoms with Crippen molar-refractivity contribution in [3.05, 3.63) is 82.5 Å². The number of halogens is 2. The van der Waals surface area contributed by atoms with E-state index in [2.05, 4.69) is 26.6 Å². The van der Waals surface area contributed by atoms with Gasteiger partial charge in [-0.15, -0.1) is 0 Å². The van der Waals surface area contributed by atoms with E-state index in [1.165, 1.54) is 12.1 Å². The molecule has 3 aromatic rings. The predicted octanol–water partition coefficient (Wildman–Crippen LogP) is 4.59. The molecule has 0 radical (unpaired) electrons. The fourth-order valence-corrected chi connectivity index (χ4v) is 2.73. The van der Waals surface area contributed by atoms with E-state index in [9.17, 15) is 14.0 Å². The first-order chi connectivity index (χ1) is 13.5. The molecule has 0 fully saturated rings. The summed E-state index contributed by atoms with van der Waals surface area (Å²) < 4.78 is 24.6. The van der Waals surface area contributed by atoms with Crippen LogP contribution in [0.5, 0.6) is 0 Å². The zero-order valence-corrected chi connectivity index (χ0v) is 16.2.